The van der Waals surface area contributed by atoms with Gasteiger partial charge in [0, 0.05) is 17.5 Å². The highest BCUT2D eigenvalue weighted by Crippen LogP contribution is 2.35. The SMILES string of the molecule is COc1cccc(OCCCOc2c(Cl)cc(Cl)cc2Cl)c1. The van der Waals surface area contributed by atoms with Crippen molar-refractivity contribution in [2.75, 3.05) is 20.3 Å². The van der Waals surface area contributed by atoms with E-state index in [9.17, 15) is 0 Å². The second-order valence-corrected chi connectivity index (χ2v) is 5.68. The molecule has 2 aromatic carbocycles. The lowest BCUT2D eigenvalue weighted by Gasteiger charge is -2.11. The summed E-state index contributed by atoms with van der Waals surface area (Å²) < 4.78 is 16.3. The van der Waals surface area contributed by atoms with Gasteiger partial charge in [-0.15, -0.1) is 0 Å². The molecule has 0 aliphatic carbocycles. The van der Waals surface area contributed by atoms with E-state index in [0.29, 0.717) is 40.5 Å². The Balaban J connectivity index is 1.78. The first kappa shape index (κ1) is 17.1. The number of benzene rings is 2. The molecule has 0 saturated heterocycles. The smallest absolute Gasteiger partial charge is 0.156 e. The van der Waals surface area contributed by atoms with Crippen molar-refractivity contribution in [2.45, 2.75) is 6.42 Å². The van der Waals surface area contributed by atoms with Crippen molar-refractivity contribution in [3.63, 3.8) is 0 Å². The Labute approximate surface area is 144 Å². The van der Waals surface area contributed by atoms with Crippen LogP contribution in [0.1, 0.15) is 6.42 Å². The lowest BCUT2D eigenvalue weighted by molar-refractivity contribution is 0.247. The zero-order valence-electron chi connectivity index (χ0n) is 11.9. The molecule has 0 saturated carbocycles. The molecule has 0 amide bonds. The monoisotopic (exact) mass is 360 g/mol. The lowest BCUT2D eigenvalue weighted by atomic mass is 10.3. The van der Waals surface area contributed by atoms with E-state index in [1.54, 1.807) is 19.2 Å². The van der Waals surface area contributed by atoms with Gasteiger partial charge in [-0.3, -0.25) is 0 Å². The number of halogens is 3. The topological polar surface area (TPSA) is 27.7 Å². The van der Waals surface area contributed by atoms with E-state index in [1.165, 1.54) is 0 Å². The first-order valence-corrected chi connectivity index (χ1v) is 7.77. The molecule has 2 aromatic rings. The fourth-order valence-corrected chi connectivity index (χ4v) is 2.71. The summed E-state index contributed by atoms with van der Waals surface area (Å²) in [5.74, 6) is 1.95. The van der Waals surface area contributed by atoms with Gasteiger partial charge in [0.05, 0.1) is 30.4 Å². The Bertz CT molecular complexity index is 609. The minimum absolute atomic E-state index is 0.395. The molecule has 0 radical (unpaired) electrons. The molecule has 0 heterocycles. The van der Waals surface area contributed by atoms with Crippen LogP contribution < -0.4 is 14.2 Å². The van der Waals surface area contributed by atoms with Crippen LogP contribution in [0.3, 0.4) is 0 Å². The molecule has 0 N–H and O–H groups in total. The number of hydrogen-bond acceptors (Lipinski definition) is 3. The minimum Gasteiger partial charge on any atom is -0.497 e. The molecule has 0 aliphatic heterocycles. The van der Waals surface area contributed by atoms with Gasteiger partial charge >= 0.3 is 0 Å². The largest absolute Gasteiger partial charge is 0.497 e. The Kier molecular flexibility index (Phi) is 6.49. The Morgan fingerprint density at radius 2 is 1.50 bits per heavy atom. The minimum atomic E-state index is 0.395. The second-order valence-electron chi connectivity index (χ2n) is 4.43. The summed E-state index contributed by atoms with van der Waals surface area (Å²) in [5.41, 5.74) is 0. The number of ether oxygens (including phenoxy) is 3. The fraction of sp³-hybridized carbons (Fsp3) is 0.250. The highest BCUT2D eigenvalue weighted by Gasteiger charge is 2.09. The molecule has 0 bridgehead atoms. The molecule has 118 valence electrons. The van der Waals surface area contributed by atoms with Gasteiger partial charge < -0.3 is 14.2 Å². The van der Waals surface area contributed by atoms with Crippen LogP contribution in [0.5, 0.6) is 17.2 Å². The van der Waals surface area contributed by atoms with Gasteiger partial charge in [-0.2, -0.15) is 0 Å². The molecule has 2 rings (SSSR count). The summed E-state index contributed by atoms with van der Waals surface area (Å²) in [4.78, 5) is 0. The van der Waals surface area contributed by atoms with Crippen molar-refractivity contribution in [2.24, 2.45) is 0 Å². The molecule has 0 aliphatic rings. The van der Waals surface area contributed by atoms with Gasteiger partial charge in [0.15, 0.2) is 5.75 Å². The van der Waals surface area contributed by atoms with Gasteiger partial charge in [0.1, 0.15) is 11.5 Å². The Hall–Kier alpha value is -1.29. The van der Waals surface area contributed by atoms with E-state index in [-0.39, 0.29) is 0 Å². The zero-order chi connectivity index (χ0) is 15.9. The first-order valence-electron chi connectivity index (χ1n) is 6.64. The second kappa shape index (κ2) is 8.37. The summed E-state index contributed by atoms with van der Waals surface area (Å²) in [6.45, 7) is 0.945. The first-order chi connectivity index (χ1) is 10.6. The maximum absolute atomic E-state index is 6.04. The van der Waals surface area contributed by atoms with Crippen LogP contribution in [-0.2, 0) is 0 Å². The zero-order valence-corrected chi connectivity index (χ0v) is 14.2. The molecule has 22 heavy (non-hydrogen) atoms. The highest BCUT2D eigenvalue weighted by molar-refractivity contribution is 6.40. The average Bonchev–Trinajstić information content (AvgIpc) is 2.49. The van der Waals surface area contributed by atoms with Crippen LogP contribution >= 0.6 is 34.8 Å². The summed E-state index contributed by atoms with van der Waals surface area (Å²) in [7, 11) is 1.62. The molecule has 0 unspecified atom stereocenters. The number of hydrogen-bond donors (Lipinski definition) is 0. The summed E-state index contributed by atoms with van der Waals surface area (Å²) in [5, 5.41) is 1.26. The van der Waals surface area contributed by atoms with Crippen LogP contribution in [0, 0.1) is 0 Å². The maximum Gasteiger partial charge on any atom is 0.156 e. The predicted molar refractivity (Wildman–Crippen MR) is 90.1 cm³/mol. The van der Waals surface area contributed by atoms with Crippen molar-refractivity contribution >= 4 is 34.8 Å². The number of methoxy groups -OCH3 is 1. The van der Waals surface area contributed by atoms with E-state index in [4.69, 9.17) is 49.0 Å². The van der Waals surface area contributed by atoms with Gasteiger partial charge in [0.25, 0.3) is 0 Å². The van der Waals surface area contributed by atoms with Gasteiger partial charge in [-0.25, -0.2) is 0 Å². The lowest BCUT2D eigenvalue weighted by Crippen LogP contribution is -2.05. The van der Waals surface area contributed by atoms with Crippen molar-refractivity contribution in [3.8, 4) is 17.2 Å². The maximum atomic E-state index is 6.04. The van der Waals surface area contributed by atoms with Crippen LogP contribution in [0.2, 0.25) is 15.1 Å². The normalized spacial score (nSPS) is 10.4. The Morgan fingerprint density at radius 3 is 2.18 bits per heavy atom. The third kappa shape index (κ3) is 4.87. The molecule has 0 aromatic heterocycles. The molecule has 3 nitrogen and oxygen atoms in total. The van der Waals surface area contributed by atoms with Crippen LogP contribution in [0.4, 0.5) is 0 Å². The van der Waals surface area contributed by atoms with Crippen molar-refractivity contribution < 1.29 is 14.2 Å². The van der Waals surface area contributed by atoms with Crippen molar-refractivity contribution in [1.29, 1.82) is 0 Å². The third-order valence-corrected chi connectivity index (χ3v) is 3.59. The third-order valence-electron chi connectivity index (χ3n) is 2.81. The highest BCUT2D eigenvalue weighted by atomic mass is 35.5. The quantitative estimate of drug-likeness (QED) is 0.609. The van der Waals surface area contributed by atoms with Crippen LogP contribution in [0.15, 0.2) is 36.4 Å². The average molecular weight is 362 g/mol. The van der Waals surface area contributed by atoms with E-state index in [2.05, 4.69) is 0 Å². The molecule has 0 atom stereocenters. The van der Waals surface area contributed by atoms with Gasteiger partial charge in [-0.1, -0.05) is 40.9 Å². The molecular weight excluding hydrogens is 347 g/mol. The van der Waals surface area contributed by atoms with Gasteiger partial charge in [-0.05, 0) is 24.3 Å². The molecule has 0 fully saturated rings. The van der Waals surface area contributed by atoms with E-state index in [0.717, 1.165) is 11.5 Å². The van der Waals surface area contributed by atoms with Crippen LogP contribution in [0.25, 0.3) is 0 Å². The summed E-state index contributed by atoms with van der Waals surface area (Å²) >= 11 is 17.9. The van der Waals surface area contributed by atoms with E-state index >= 15 is 0 Å². The molecular formula is C16H15Cl3O3. The Morgan fingerprint density at radius 1 is 0.864 bits per heavy atom. The molecule has 6 heteroatoms. The van der Waals surface area contributed by atoms with Crippen LogP contribution in [-0.4, -0.2) is 20.3 Å². The van der Waals surface area contributed by atoms with Gasteiger partial charge in [0.2, 0.25) is 0 Å². The number of rotatable bonds is 7. The predicted octanol–water partition coefficient (Wildman–Crippen LogP) is 5.50. The molecule has 0 spiro atoms. The standard InChI is InChI=1S/C16H15Cl3O3/c1-20-12-4-2-5-13(10-12)21-6-3-7-22-16-14(18)8-11(17)9-15(16)19/h2,4-5,8-10H,3,6-7H2,1H3. The van der Waals surface area contributed by atoms with E-state index in [1.807, 2.05) is 24.3 Å². The van der Waals surface area contributed by atoms with Crippen molar-refractivity contribution in [3.05, 3.63) is 51.5 Å². The fourth-order valence-electron chi connectivity index (χ4n) is 1.78. The summed E-state index contributed by atoms with van der Waals surface area (Å²) in [6, 6.07) is 10.6. The summed E-state index contributed by atoms with van der Waals surface area (Å²) in [6.07, 6.45) is 0.687. The van der Waals surface area contributed by atoms with E-state index < -0.39 is 0 Å². The van der Waals surface area contributed by atoms with Crippen molar-refractivity contribution in [1.82, 2.24) is 0 Å².